The van der Waals surface area contributed by atoms with Gasteiger partial charge in [0, 0.05) is 34.9 Å². The van der Waals surface area contributed by atoms with Crippen molar-refractivity contribution < 1.29 is 0 Å². The Morgan fingerprint density at radius 2 is 1.86 bits per heavy atom. The standard InChI is InChI=1S/C18H15ClN2/c1-14-7-8-16(19)11-18(14)20-12-15-9-10-21(13-15)17-5-3-2-4-6-17/h2-13H,1H3. The molecule has 0 spiro atoms. The molecular formula is C18H15ClN2. The lowest BCUT2D eigenvalue weighted by Gasteiger charge is -2.01. The molecule has 0 N–H and O–H groups in total. The third-order valence-electron chi connectivity index (χ3n) is 3.29. The first-order valence-electron chi connectivity index (χ1n) is 6.76. The highest BCUT2D eigenvalue weighted by Crippen LogP contribution is 2.23. The number of para-hydroxylation sites is 1. The van der Waals surface area contributed by atoms with Crippen LogP contribution in [0.4, 0.5) is 5.69 Å². The lowest BCUT2D eigenvalue weighted by molar-refractivity contribution is 1.08. The van der Waals surface area contributed by atoms with E-state index >= 15 is 0 Å². The number of hydrogen-bond donors (Lipinski definition) is 0. The Morgan fingerprint density at radius 3 is 2.67 bits per heavy atom. The van der Waals surface area contributed by atoms with Crippen LogP contribution in [0.15, 0.2) is 72.0 Å². The number of hydrogen-bond acceptors (Lipinski definition) is 1. The molecule has 0 aliphatic carbocycles. The molecule has 2 nitrogen and oxygen atoms in total. The number of aliphatic imine (C=N–C) groups is 1. The van der Waals surface area contributed by atoms with Gasteiger partial charge in [-0.15, -0.1) is 0 Å². The highest BCUT2D eigenvalue weighted by atomic mass is 35.5. The van der Waals surface area contributed by atoms with Crippen molar-refractivity contribution in [1.82, 2.24) is 4.57 Å². The van der Waals surface area contributed by atoms with Gasteiger partial charge in [0.05, 0.1) is 5.69 Å². The molecule has 0 aliphatic heterocycles. The molecule has 1 heterocycles. The minimum absolute atomic E-state index is 0.703. The van der Waals surface area contributed by atoms with Gasteiger partial charge in [0.2, 0.25) is 0 Å². The fraction of sp³-hybridized carbons (Fsp3) is 0.0556. The molecule has 0 amide bonds. The Morgan fingerprint density at radius 1 is 1.05 bits per heavy atom. The van der Waals surface area contributed by atoms with Crippen LogP contribution in [0.25, 0.3) is 5.69 Å². The number of benzene rings is 2. The van der Waals surface area contributed by atoms with Crippen molar-refractivity contribution in [2.24, 2.45) is 4.99 Å². The highest BCUT2D eigenvalue weighted by molar-refractivity contribution is 6.30. The molecule has 0 saturated carbocycles. The SMILES string of the molecule is Cc1ccc(Cl)cc1N=Cc1ccn(-c2ccccc2)c1. The number of nitrogens with zero attached hydrogens (tertiary/aromatic N) is 2. The third kappa shape index (κ3) is 3.23. The van der Waals surface area contributed by atoms with Gasteiger partial charge in [-0.1, -0.05) is 35.9 Å². The van der Waals surface area contributed by atoms with Crippen molar-refractivity contribution >= 4 is 23.5 Å². The summed E-state index contributed by atoms with van der Waals surface area (Å²) in [6.07, 6.45) is 5.94. The van der Waals surface area contributed by atoms with Gasteiger partial charge in [0.15, 0.2) is 0 Å². The average molecular weight is 295 g/mol. The lowest BCUT2D eigenvalue weighted by Crippen LogP contribution is -1.88. The first kappa shape index (κ1) is 13.7. The number of halogens is 1. The second kappa shape index (κ2) is 5.98. The molecule has 0 saturated heterocycles. The van der Waals surface area contributed by atoms with Crippen LogP contribution in [0.5, 0.6) is 0 Å². The van der Waals surface area contributed by atoms with Crippen LogP contribution < -0.4 is 0 Å². The quantitative estimate of drug-likeness (QED) is 0.592. The molecule has 3 heteroatoms. The van der Waals surface area contributed by atoms with E-state index in [4.69, 9.17) is 11.6 Å². The van der Waals surface area contributed by atoms with Gasteiger partial charge in [-0.25, -0.2) is 0 Å². The van der Waals surface area contributed by atoms with Gasteiger partial charge in [-0.2, -0.15) is 0 Å². The van der Waals surface area contributed by atoms with Crippen LogP contribution in [0.3, 0.4) is 0 Å². The maximum atomic E-state index is 6.00. The Kier molecular flexibility index (Phi) is 3.89. The van der Waals surface area contributed by atoms with Gasteiger partial charge in [0.25, 0.3) is 0 Å². The topological polar surface area (TPSA) is 17.3 Å². The van der Waals surface area contributed by atoms with E-state index in [1.54, 1.807) is 0 Å². The average Bonchev–Trinajstić information content (AvgIpc) is 2.98. The first-order valence-corrected chi connectivity index (χ1v) is 7.14. The van der Waals surface area contributed by atoms with Crippen molar-refractivity contribution in [2.75, 3.05) is 0 Å². The highest BCUT2D eigenvalue weighted by Gasteiger charge is 1.99. The minimum Gasteiger partial charge on any atom is -0.323 e. The van der Waals surface area contributed by atoms with Gasteiger partial charge in [-0.3, -0.25) is 4.99 Å². The van der Waals surface area contributed by atoms with Crippen molar-refractivity contribution in [2.45, 2.75) is 6.92 Å². The van der Waals surface area contributed by atoms with E-state index < -0.39 is 0 Å². The fourth-order valence-electron chi connectivity index (χ4n) is 2.12. The molecule has 0 aliphatic rings. The van der Waals surface area contributed by atoms with Crippen LogP contribution in [-0.4, -0.2) is 10.8 Å². The minimum atomic E-state index is 0.703. The Hall–Kier alpha value is -2.32. The van der Waals surface area contributed by atoms with Crippen molar-refractivity contribution in [3.8, 4) is 5.69 Å². The number of aromatic nitrogens is 1. The van der Waals surface area contributed by atoms with Crippen LogP contribution >= 0.6 is 11.6 Å². The normalized spacial score (nSPS) is 11.1. The molecule has 3 aromatic rings. The summed E-state index contributed by atoms with van der Waals surface area (Å²) in [5.41, 5.74) is 4.20. The van der Waals surface area contributed by atoms with E-state index in [9.17, 15) is 0 Å². The van der Waals surface area contributed by atoms with Crippen LogP contribution in [-0.2, 0) is 0 Å². The lowest BCUT2D eigenvalue weighted by atomic mass is 10.2. The van der Waals surface area contributed by atoms with E-state index in [-0.39, 0.29) is 0 Å². The van der Waals surface area contributed by atoms with E-state index in [0.29, 0.717) is 5.02 Å². The molecule has 0 bridgehead atoms. The van der Waals surface area contributed by atoms with Gasteiger partial charge < -0.3 is 4.57 Å². The Bertz CT molecular complexity index is 773. The smallest absolute Gasteiger partial charge is 0.0673 e. The second-order valence-electron chi connectivity index (χ2n) is 4.88. The fourth-order valence-corrected chi connectivity index (χ4v) is 2.28. The molecule has 1 aromatic heterocycles. The zero-order valence-corrected chi connectivity index (χ0v) is 12.5. The van der Waals surface area contributed by atoms with Crippen molar-refractivity contribution in [3.63, 3.8) is 0 Å². The van der Waals surface area contributed by atoms with E-state index in [2.05, 4.69) is 27.9 Å². The van der Waals surface area contributed by atoms with Gasteiger partial charge >= 0.3 is 0 Å². The predicted molar refractivity (Wildman–Crippen MR) is 89.2 cm³/mol. The van der Waals surface area contributed by atoms with Crippen LogP contribution in [0.1, 0.15) is 11.1 Å². The summed E-state index contributed by atoms with van der Waals surface area (Å²) in [5.74, 6) is 0. The third-order valence-corrected chi connectivity index (χ3v) is 3.53. The van der Waals surface area contributed by atoms with E-state index in [1.165, 1.54) is 0 Å². The van der Waals surface area contributed by atoms with Gasteiger partial charge in [-0.05, 0) is 42.8 Å². The Labute approximate surface area is 129 Å². The van der Waals surface area contributed by atoms with Crippen molar-refractivity contribution in [3.05, 3.63) is 83.1 Å². The maximum absolute atomic E-state index is 6.00. The summed E-state index contributed by atoms with van der Waals surface area (Å²) in [6, 6.07) is 18.0. The summed E-state index contributed by atoms with van der Waals surface area (Å²) in [7, 11) is 0. The molecule has 104 valence electrons. The summed E-state index contributed by atoms with van der Waals surface area (Å²) in [5, 5.41) is 0.703. The van der Waals surface area contributed by atoms with Crippen LogP contribution in [0.2, 0.25) is 5.02 Å². The summed E-state index contributed by atoms with van der Waals surface area (Å²) in [4.78, 5) is 4.52. The molecule has 0 radical (unpaired) electrons. The molecule has 3 rings (SSSR count). The largest absolute Gasteiger partial charge is 0.323 e. The molecule has 0 unspecified atom stereocenters. The van der Waals surface area contributed by atoms with Gasteiger partial charge in [0.1, 0.15) is 0 Å². The molecule has 21 heavy (non-hydrogen) atoms. The molecule has 0 fully saturated rings. The first-order chi connectivity index (χ1) is 10.2. The number of rotatable bonds is 3. The Balaban J connectivity index is 1.84. The maximum Gasteiger partial charge on any atom is 0.0673 e. The molecular weight excluding hydrogens is 280 g/mol. The summed E-state index contributed by atoms with van der Waals surface area (Å²) < 4.78 is 2.08. The van der Waals surface area contributed by atoms with Crippen LogP contribution in [0, 0.1) is 6.92 Å². The molecule has 2 aromatic carbocycles. The second-order valence-corrected chi connectivity index (χ2v) is 5.31. The predicted octanol–water partition coefficient (Wildman–Crippen LogP) is 5.19. The zero-order chi connectivity index (χ0) is 14.7. The summed E-state index contributed by atoms with van der Waals surface area (Å²) in [6.45, 7) is 2.03. The van der Waals surface area contributed by atoms with E-state index in [0.717, 1.165) is 22.5 Å². The molecule has 0 atom stereocenters. The monoisotopic (exact) mass is 294 g/mol. The van der Waals surface area contributed by atoms with Crippen molar-refractivity contribution in [1.29, 1.82) is 0 Å². The van der Waals surface area contributed by atoms with E-state index in [1.807, 2.05) is 61.8 Å². The summed E-state index contributed by atoms with van der Waals surface area (Å²) >= 11 is 6.00. The number of aryl methyl sites for hydroxylation is 1. The zero-order valence-electron chi connectivity index (χ0n) is 11.7.